The van der Waals surface area contributed by atoms with E-state index in [1.54, 1.807) is 0 Å². The summed E-state index contributed by atoms with van der Waals surface area (Å²) in [7, 11) is 0. The summed E-state index contributed by atoms with van der Waals surface area (Å²) >= 11 is 0. The van der Waals surface area contributed by atoms with E-state index in [1.807, 2.05) is 35.2 Å². The Morgan fingerprint density at radius 2 is 2.00 bits per heavy atom. The van der Waals surface area contributed by atoms with Crippen LogP contribution in [0.2, 0.25) is 0 Å². The van der Waals surface area contributed by atoms with Crippen LogP contribution in [0.5, 0.6) is 0 Å². The lowest BCUT2D eigenvalue weighted by Gasteiger charge is -2.28. The molecule has 0 spiro atoms. The molecule has 2 rings (SSSR count). The van der Waals surface area contributed by atoms with Gasteiger partial charge in [-0.2, -0.15) is 0 Å². The van der Waals surface area contributed by atoms with Crippen LogP contribution in [0.1, 0.15) is 23.2 Å². The summed E-state index contributed by atoms with van der Waals surface area (Å²) in [5.74, 6) is 0.122. The number of carbonyl (C=O) groups excluding carboxylic acids is 1. The van der Waals surface area contributed by atoms with E-state index < -0.39 is 0 Å². The summed E-state index contributed by atoms with van der Waals surface area (Å²) in [6, 6.07) is 9.43. The molecule has 1 amide bonds. The number of hydrogen-bond donors (Lipinski definition) is 0. The highest BCUT2D eigenvalue weighted by molar-refractivity contribution is 5.94. The number of nitrogens with zero attached hydrogens (tertiary/aromatic N) is 1. The van der Waals surface area contributed by atoms with Crippen molar-refractivity contribution < 1.29 is 4.79 Å². The summed E-state index contributed by atoms with van der Waals surface area (Å²) in [4.78, 5) is 13.9. The van der Waals surface area contributed by atoms with Gasteiger partial charge in [-0.15, -0.1) is 0 Å². The Bertz CT molecular complexity index is 369. The number of carbonyl (C=O) groups is 1. The Hall–Kier alpha value is -1.57. The molecule has 1 saturated heterocycles. The Morgan fingerprint density at radius 3 is 2.67 bits per heavy atom. The number of benzene rings is 1. The third kappa shape index (κ3) is 2.27. The van der Waals surface area contributed by atoms with Crippen LogP contribution in [0.25, 0.3) is 0 Å². The van der Waals surface area contributed by atoms with Gasteiger partial charge in [-0.1, -0.05) is 30.4 Å². The third-order valence-corrected chi connectivity index (χ3v) is 2.68. The number of piperidine rings is 1. The predicted molar refractivity (Wildman–Crippen MR) is 60.7 cm³/mol. The van der Waals surface area contributed by atoms with Gasteiger partial charge in [0.05, 0.1) is 0 Å². The largest absolute Gasteiger partial charge is 0.335 e. The number of amides is 1. The van der Waals surface area contributed by atoms with Crippen molar-refractivity contribution in [1.29, 1.82) is 0 Å². The van der Waals surface area contributed by atoms with Crippen molar-refractivity contribution in [1.82, 2.24) is 4.90 Å². The van der Waals surface area contributed by atoms with Crippen LogP contribution < -0.4 is 0 Å². The van der Waals surface area contributed by atoms with Crippen LogP contribution in [0.4, 0.5) is 0 Å². The highest BCUT2D eigenvalue weighted by Gasteiger charge is 2.19. The van der Waals surface area contributed by atoms with E-state index in [4.69, 9.17) is 0 Å². The summed E-state index contributed by atoms with van der Waals surface area (Å²) in [6.07, 6.45) is 2.09. The van der Waals surface area contributed by atoms with E-state index >= 15 is 0 Å². The SMILES string of the molecule is C=C1CCCN(C(=O)c2ccccc2)C1. The van der Waals surface area contributed by atoms with E-state index in [0.717, 1.165) is 30.5 Å². The van der Waals surface area contributed by atoms with Gasteiger partial charge >= 0.3 is 0 Å². The summed E-state index contributed by atoms with van der Waals surface area (Å²) in [5.41, 5.74) is 1.93. The van der Waals surface area contributed by atoms with Crippen LogP contribution in [0.15, 0.2) is 42.5 Å². The van der Waals surface area contributed by atoms with Gasteiger partial charge in [0.25, 0.3) is 5.91 Å². The molecule has 1 aromatic carbocycles. The van der Waals surface area contributed by atoms with Gasteiger partial charge in [-0.3, -0.25) is 4.79 Å². The zero-order valence-corrected chi connectivity index (χ0v) is 8.78. The topological polar surface area (TPSA) is 20.3 Å². The molecule has 0 aromatic heterocycles. The molecule has 0 bridgehead atoms. The smallest absolute Gasteiger partial charge is 0.254 e. The second-order valence-electron chi connectivity index (χ2n) is 3.95. The maximum absolute atomic E-state index is 12.0. The van der Waals surface area contributed by atoms with Crippen molar-refractivity contribution in [2.75, 3.05) is 13.1 Å². The molecule has 2 nitrogen and oxygen atoms in total. The van der Waals surface area contributed by atoms with E-state index in [1.165, 1.54) is 0 Å². The maximum Gasteiger partial charge on any atom is 0.254 e. The minimum absolute atomic E-state index is 0.122. The maximum atomic E-state index is 12.0. The lowest BCUT2D eigenvalue weighted by atomic mass is 10.1. The van der Waals surface area contributed by atoms with Gasteiger partial charge in [0.1, 0.15) is 0 Å². The fourth-order valence-corrected chi connectivity index (χ4v) is 1.88. The monoisotopic (exact) mass is 201 g/mol. The first-order valence-corrected chi connectivity index (χ1v) is 5.28. The summed E-state index contributed by atoms with van der Waals surface area (Å²) in [5, 5.41) is 0. The zero-order valence-electron chi connectivity index (χ0n) is 8.78. The molecule has 0 saturated carbocycles. The van der Waals surface area contributed by atoms with E-state index in [9.17, 15) is 4.79 Å². The average molecular weight is 201 g/mol. The molecule has 0 unspecified atom stereocenters. The molecule has 78 valence electrons. The van der Waals surface area contributed by atoms with Crippen LogP contribution in [0, 0.1) is 0 Å². The lowest BCUT2D eigenvalue weighted by Crippen LogP contribution is -2.36. The van der Waals surface area contributed by atoms with E-state index in [0.29, 0.717) is 6.54 Å². The quantitative estimate of drug-likeness (QED) is 0.639. The molecule has 1 aliphatic rings. The minimum atomic E-state index is 0.122. The molecule has 1 aliphatic heterocycles. The molecular weight excluding hydrogens is 186 g/mol. The molecule has 15 heavy (non-hydrogen) atoms. The number of likely N-dealkylation sites (tertiary alicyclic amines) is 1. The first-order chi connectivity index (χ1) is 7.27. The van der Waals surface area contributed by atoms with Gasteiger partial charge in [0.15, 0.2) is 0 Å². The van der Waals surface area contributed by atoms with Crippen LogP contribution in [0.3, 0.4) is 0 Å². The number of hydrogen-bond acceptors (Lipinski definition) is 1. The molecule has 1 fully saturated rings. The van der Waals surface area contributed by atoms with Crippen molar-refractivity contribution >= 4 is 5.91 Å². The van der Waals surface area contributed by atoms with Crippen molar-refractivity contribution in [2.45, 2.75) is 12.8 Å². The van der Waals surface area contributed by atoms with Gasteiger partial charge < -0.3 is 4.90 Å². The van der Waals surface area contributed by atoms with E-state index in [-0.39, 0.29) is 5.91 Å². The molecule has 0 atom stereocenters. The first-order valence-electron chi connectivity index (χ1n) is 5.28. The van der Waals surface area contributed by atoms with Crippen molar-refractivity contribution in [3.63, 3.8) is 0 Å². The van der Waals surface area contributed by atoms with Crippen molar-refractivity contribution in [3.8, 4) is 0 Å². The normalized spacial score (nSPS) is 16.5. The zero-order chi connectivity index (χ0) is 10.7. The molecule has 1 heterocycles. The minimum Gasteiger partial charge on any atom is -0.335 e. The second kappa shape index (κ2) is 4.30. The Kier molecular flexibility index (Phi) is 2.86. The fraction of sp³-hybridized carbons (Fsp3) is 0.308. The summed E-state index contributed by atoms with van der Waals surface area (Å²) < 4.78 is 0. The molecular formula is C13H15NO. The first kappa shape index (κ1) is 9.97. The van der Waals surface area contributed by atoms with Crippen molar-refractivity contribution in [3.05, 3.63) is 48.0 Å². The molecule has 0 aliphatic carbocycles. The predicted octanol–water partition coefficient (Wildman–Crippen LogP) is 2.48. The van der Waals surface area contributed by atoms with Crippen LogP contribution >= 0.6 is 0 Å². The highest BCUT2D eigenvalue weighted by atomic mass is 16.2. The average Bonchev–Trinajstić information content (AvgIpc) is 2.29. The lowest BCUT2D eigenvalue weighted by molar-refractivity contribution is 0.0752. The number of rotatable bonds is 1. The van der Waals surface area contributed by atoms with Gasteiger partial charge in [-0.25, -0.2) is 0 Å². The molecule has 0 radical (unpaired) electrons. The molecule has 2 heteroatoms. The van der Waals surface area contributed by atoms with Crippen LogP contribution in [-0.2, 0) is 0 Å². The Morgan fingerprint density at radius 1 is 1.27 bits per heavy atom. The highest BCUT2D eigenvalue weighted by Crippen LogP contribution is 2.16. The van der Waals surface area contributed by atoms with Gasteiger partial charge in [0.2, 0.25) is 0 Å². The standard InChI is InChI=1S/C13H15NO/c1-11-6-5-9-14(10-11)13(15)12-7-3-2-4-8-12/h2-4,7-8H,1,5-6,9-10H2. The second-order valence-corrected chi connectivity index (χ2v) is 3.95. The van der Waals surface area contributed by atoms with Crippen molar-refractivity contribution in [2.24, 2.45) is 0 Å². The van der Waals surface area contributed by atoms with E-state index in [2.05, 4.69) is 6.58 Å². The molecule has 0 N–H and O–H groups in total. The fourth-order valence-electron chi connectivity index (χ4n) is 1.88. The summed E-state index contributed by atoms with van der Waals surface area (Å²) in [6.45, 7) is 5.52. The van der Waals surface area contributed by atoms with Gasteiger partial charge in [-0.05, 0) is 25.0 Å². The van der Waals surface area contributed by atoms with Gasteiger partial charge in [0, 0.05) is 18.7 Å². The third-order valence-electron chi connectivity index (χ3n) is 2.68. The molecule has 1 aromatic rings. The Labute approximate surface area is 90.2 Å². The Balaban J connectivity index is 2.11. The van der Waals surface area contributed by atoms with Crippen LogP contribution in [-0.4, -0.2) is 23.9 Å².